The molecule has 0 fully saturated rings. The van der Waals surface area contributed by atoms with Crippen LogP contribution in [0.25, 0.3) is 0 Å². The summed E-state index contributed by atoms with van der Waals surface area (Å²) in [5.41, 5.74) is 2.77. The SMILES string of the molecule is CC(C)NC(=O)[C@@H](Cc1ccccc1)N(Cc1ccccc1Cl)C(=O)CN(c1ccc(OCc2ccccc2)cc1)S(C)(=O)=O. The Hall–Kier alpha value is -4.34. The highest BCUT2D eigenvalue weighted by Gasteiger charge is 2.33. The van der Waals surface area contributed by atoms with Gasteiger partial charge in [0.1, 0.15) is 24.9 Å². The lowest BCUT2D eigenvalue weighted by atomic mass is 10.0. The van der Waals surface area contributed by atoms with E-state index in [0.717, 1.165) is 21.7 Å². The van der Waals surface area contributed by atoms with E-state index in [1.54, 1.807) is 48.5 Å². The molecule has 236 valence electrons. The highest BCUT2D eigenvalue weighted by molar-refractivity contribution is 7.92. The number of ether oxygens (including phenoxy) is 1. The lowest BCUT2D eigenvalue weighted by Gasteiger charge is -2.34. The molecule has 45 heavy (non-hydrogen) atoms. The summed E-state index contributed by atoms with van der Waals surface area (Å²) in [5.74, 6) is -0.347. The molecule has 8 nitrogen and oxygen atoms in total. The lowest BCUT2D eigenvalue weighted by Crippen LogP contribution is -2.54. The minimum absolute atomic E-state index is 0.00535. The van der Waals surface area contributed by atoms with Crippen LogP contribution in [-0.2, 0) is 39.2 Å². The Bertz CT molecular complexity index is 1670. The predicted molar refractivity (Wildman–Crippen MR) is 179 cm³/mol. The maximum absolute atomic E-state index is 14.2. The van der Waals surface area contributed by atoms with Gasteiger partial charge in [-0.15, -0.1) is 0 Å². The fourth-order valence-corrected chi connectivity index (χ4v) is 5.85. The Labute approximate surface area is 270 Å². The molecule has 1 atom stereocenters. The minimum atomic E-state index is -3.90. The molecule has 0 aliphatic carbocycles. The van der Waals surface area contributed by atoms with Crippen molar-refractivity contribution in [1.29, 1.82) is 0 Å². The van der Waals surface area contributed by atoms with Crippen molar-refractivity contribution in [2.75, 3.05) is 17.1 Å². The van der Waals surface area contributed by atoms with Crippen LogP contribution < -0.4 is 14.4 Å². The van der Waals surface area contributed by atoms with Gasteiger partial charge in [-0.05, 0) is 60.9 Å². The lowest BCUT2D eigenvalue weighted by molar-refractivity contribution is -0.140. The molecule has 10 heteroatoms. The maximum atomic E-state index is 14.2. The molecule has 0 spiro atoms. The van der Waals surface area contributed by atoms with Gasteiger partial charge in [0.15, 0.2) is 0 Å². The van der Waals surface area contributed by atoms with Crippen LogP contribution in [0.15, 0.2) is 109 Å². The van der Waals surface area contributed by atoms with Crippen molar-refractivity contribution < 1.29 is 22.7 Å². The van der Waals surface area contributed by atoms with E-state index in [4.69, 9.17) is 16.3 Å². The van der Waals surface area contributed by atoms with E-state index in [1.165, 1.54) is 4.90 Å². The number of rotatable bonds is 14. The largest absolute Gasteiger partial charge is 0.489 e. The van der Waals surface area contributed by atoms with Crippen molar-refractivity contribution in [3.63, 3.8) is 0 Å². The fourth-order valence-electron chi connectivity index (χ4n) is 4.81. The van der Waals surface area contributed by atoms with E-state index in [-0.39, 0.29) is 24.9 Å². The highest BCUT2D eigenvalue weighted by Crippen LogP contribution is 2.25. The van der Waals surface area contributed by atoms with Crippen molar-refractivity contribution in [2.24, 2.45) is 0 Å². The van der Waals surface area contributed by atoms with Crippen LogP contribution in [0.3, 0.4) is 0 Å². The van der Waals surface area contributed by atoms with Crippen LogP contribution in [0.5, 0.6) is 5.75 Å². The van der Waals surface area contributed by atoms with Gasteiger partial charge in [0.05, 0.1) is 11.9 Å². The summed E-state index contributed by atoms with van der Waals surface area (Å²) in [6.07, 6.45) is 1.27. The second kappa shape index (κ2) is 15.6. The summed E-state index contributed by atoms with van der Waals surface area (Å²) >= 11 is 6.50. The average molecular weight is 648 g/mol. The second-order valence-electron chi connectivity index (χ2n) is 11.0. The van der Waals surface area contributed by atoms with E-state index in [2.05, 4.69) is 5.32 Å². The van der Waals surface area contributed by atoms with E-state index in [9.17, 15) is 18.0 Å². The molecular weight excluding hydrogens is 610 g/mol. The summed E-state index contributed by atoms with van der Waals surface area (Å²) in [6.45, 7) is 3.53. The zero-order valence-electron chi connectivity index (χ0n) is 25.6. The van der Waals surface area contributed by atoms with Gasteiger partial charge in [-0.25, -0.2) is 8.42 Å². The highest BCUT2D eigenvalue weighted by atomic mass is 35.5. The van der Waals surface area contributed by atoms with Gasteiger partial charge in [-0.1, -0.05) is 90.5 Å². The van der Waals surface area contributed by atoms with Crippen molar-refractivity contribution in [1.82, 2.24) is 10.2 Å². The molecule has 2 amide bonds. The van der Waals surface area contributed by atoms with Gasteiger partial charge in [-0.2, -0.15) is 0 Å². The smallest absolute Gasteiger partial charge is 0.244 e. The number of anilines is 1. The first-order chi connectivity index (χ1) is 21.5. The van der Waals surface area contributed by atoms with Crippen LogP contribution >= 0.6 is 11.6 Å². The van der Waals surface area contributed by atoms with Gasteiger partial charge in [0, 0.05) is 24.0 Å². The number of halogens is 1. The number of benzene rings is 4. The molecular formula is C35H38ClN3O5S. The monoisotopic (exact) mass is 647 g/mol. The third kappa shape index (κ3) is 9.83. The van der Waals surface area contributed by atoms with Crippen molar-refractivity contribution in [2.45, 2.75) is 45.5 Å². The van der Waals surface area contributed by atoms with Crippen LogP contribution in [0.1, 0.15) is 30.5 Å². The quantitative estimate of drug-likeness (QED) is 0.185. The van der Waals surface area contributed by atoms with E-state index < -0.39 is 28.5 Å². The molecule has 0 heterocycles. The number of carbonyl (C=O) groups excluding carboxylic acids is 2. The second-order valence-corrected chi connectivity index (χ2v) is 13.3. The average Bonchev–Trinajstić information content (AvgIpc) is 3.01. The molecule has 0 aliphatic heterocycles. The summed E-state index contributed by atoms with van der Waals surface area (Å²) in [7, 11) is -3.90. The maximum Gasteiger partial charge on any atom is 0.244 e. The molecule has 0 unspecified atom stereocenters. The predicted octanol–water partition coefficient (Wildman–Crippen LogP) is 5.85. The Morgan fingerprint density at radius 1 is 0.822 bits per heavy atom. The fraction of sp³-hybridized carbons (Fsp3) is 0.257. The minimum Gasteiger partial charge on any atom is -0.489 e. The van der Waals surface area contributed by atoms with Crippen LogP contribution in [0.4, 0.5) is 5.69 Å². The van der Waals surface area contributed by atoms with Gasteiger partial charge < -0.3 is 15.0 Å². The van der Waals surface area contributed by atoms with E-state index >= 15 is 0 Å². The van der Waals surface area contributed by atoms with Gasteiger partial charge >= 0.3 is 0 Å². The van der Waals surface area contributed by atoms with Crippen molar-refractivity contribution in [3.8, 4) is 5.75 Å². The Morgan fingerprint density at radius 3 is 1.98 bits per heavy atom. The van der Waals surface area contributed by atoms with E-state index in [1.807, 2.05) is 74.5 Å². The molecule has 1 N–H and O–H groups in total. The molecule has 4 aromatic carbocycles. The number of hydrogen-bond donors (Lipinski definition) is 1. The van der Waals surface area contributed by atoms with Crippen molar-refractivity contribution in [3.05, 3.63) is 131 Å². The molecule has 4 rings (SSSR count). The third-order valence-electron chi connectivity index (χ3n) is 7.05. The summed E-state index contributed by atoms with van der Waals surface area (Å²) in [5, 5.41) is 3.37. The first-order valence-corrected chi connectivity index (χ1v) is 16.9. The number of sulfonamides is 1. The number of nitrogens with one attached hydrogen (secondary N) is 1. The summed E-state index contributed by atoms with van der Waals surface area (Å²) in [6, 6.07) is 31.5. The Kier molecular flexibility index (Phi) is 11.6. The first-order valence-electron chi connectivity index (χ1n) is 14.6. The zero-order chi connectivity index (χ0) is 32.4. The van der Waals surface area contributed by atoms with Gasteiger partial charge in [0.2, 0.25) is 21.8 Å². The van der Waals surface area contributed by atoms with Crippen molar-refractivity contribution >= 4 is 39.1 Å². The number of hydrogen-bond acceptors (Lipinski definition) is 5. The first kappa shape index (κ1) is 33.6. The van der Waals surface area contributed by atoms with Gasteiger partial charge in [-0.3, -0.25) is 13.9 Å². The molecule has 0 aromatic heterocycles. The Morgan fingerprint density at radius 2 is 1.40 bits per heavy atom. The zero-order valence-corrected chi connectivity index (χ0v) is 27.2. The molecule has 0 bridgehead atoms. The molecule has 0 aliphatic rings. The van der Waals surface area contributed by atoms with Crippen LogP contribution in [-0.4, -0.2) is 50.0 Å². The van der Waals surface area contributed by atoms with Crippen LogP contribution in [0.2, 0.25) is 5.02 Å². The number of amides is 2. The molecule has 0 saturated heterocycles. The number of carbonyl (C=O) groups is 2. The van der Waals surface area contributed by atoms with E-state index in [0.29, 0.717) is 28.6 Å². The van der Waals surface area contributed by atoms with Crippen LogP contribution in [0, 0.1) is 0 Å². The standard InChI is InChI=1S/C35H38ClN3O5S/c1-26(2)37-35(41)33(22-27-12-6-4-7-13-27)38(23-29-16-10-11-17-32(29)36)34(40)24-39(45(3,42)43)30-18-20-31(21-19-30)44-25-28-14-8-5-9-15-28/h4-21,26,33H,22-25H2,1-3H3,(H,37,41)/t33-/m1/s1. The summed E-state index contributed by atoms with van der Waals surface area (Å²) in [4.78, 5) is 29.3. The molecule has 4 aromatic rings. The normalized spacial score (nSPS) is 11.9. The molecule has 0 saturated carbocycles. The number of nitrogens with zero attached hydrogens (tertiary/aromatic N) is 2. The summed E-state index contributed by atoms with van der Waals surface area (Å²) < 4.78 is 33.0. The topological polar surface area (TPSA) is 96.0 Å². The third-order valence-corrected chi connectivity index (χ3v) is 8.56. The molecule has 0 radical (unpaired) electrons. The Balaban J connectivity index is 1.65. The van der Waals surface area contributed by atoms with Gasteiger partial charge in [0.25, 0.3) is 0 Å².